The minimum Gasteiger partial charge on any atom is -0.379 e. The molecule has 1 aliphatic heterocycles. The van der Waals surface area contributed by atoms with Crippen LogP contribution in [0.15, 0.2) is 29.3 Å². The summed E-state index contributed by atoms with van der Waals surface area (Å²) in [5.74, 6) is 0.715. The molecule has 0 aromatic heterocycles. The first-order chi connectivity index (χ1) is 13.7. The fraction of sp³-hybridized carbons (Fsp3) is 0.600. The van der Waals surface area contributed by atoms with E-state index in [2.05, 4.69) is 20.9 Å². The Labute approximate surface area is 172 Å². The second-order valence-corrected chi connectivity index (χ2v) is 7.08. The molecule has 0 aliphatic carbocycles. The maximum absolute atomic E-state index is 11.9. The lowest BCUT2D eigenvalue weighted by Gasteiger charge is -2.13. The van der Waals surface area contributed by atoms with Gasteiger partial charge in [0.25, 0.3) is 0 Å². The zero-order chi connectivity index (χ0) is 20.0. The first-order valence-corrected chi connectivity index (χ1v) is 10.2. The monoisotopic (exact) mass is 410 g/mol. The normalized spacial score (nSPS) is 16.8. The highest BCUT2D eigenvalue weighted by Gasteiger charge is 2.14. The quantitative estimate of drug-likeness (QED) is 0.297. The molecule has 1 unspecified atom stereocenters. The molecule has 156 valence electrons. The predicted octanol–water partition coefficient (Wildman–Crippen LogP) is 2.81. The standard InChI is InChI=1S/C20H31ClN4O3/c1-22-20(24-12-4-13-27-15-18-5-3-14-28-18)23-11-2-6-19(26)25-17-9-7-16(21)8-10-17/h7-10,18H,2-6,11-15H2,1H3,(H,25,26)(H2,22,23,24). The summed E-state index contributed by atoms with van der Waals surface area (Å²) < 4.78 is 11.2. The summed E-state index contributed by atoms with van der Waals surface area (Å²) in [6, 6.07) is 7.08. The van der Waals surface area contributed by atoms with E-state index in [1.54, 1.807) is 31.3 Å². The average molecular weight is 411 g/mol. The Morgan fingerprint density at radius 3 is 2.68 bits per heavy atom. The predicted molar refractivity (Wildman–Crippen MR) is 113 cm³/mol. The van der Waals surface area contributed by atoms with Crippen LogP contribution in [-0.2, 0) is 14.3 Å². The van der Waals surface area contributed by atoms with Crippen molar-refractivity contribution < 1.29 is 14.3 Å². The molecule has 1 atom stereocenters. The second-order valence-electron chi connectivity index (χ2n) is 6.65. The molecule has 2 rings (SSSR count). The van der Waals surface area contributed by atoms with Gasteiger partial charge in [-0.3, -0.25) is 9.79 Å². The van der Waals surface area contributed by atoms with E-state index < -0.39 is 0 Å². The summed E-state index contributed by atoms with van der Waals surface area (Å²) in [5, 5.41) is 9.96. The minimum atomic E-state index is -0.0181. The van der Waals surface area contributed by atoms with Gasteiger partial charge in [0.15, 0.2) is 5.96 Å². The van der Waals surface area contributed by atoms with E-state index >= 15 is 0 Å². The third kappa shape index (κ3) is 9.39. The number of nitrogens with one attached hydrogen (secondary N) is 3. The van der Waals surface area contributed by atoms with Crippen LogP contribution in [0.25, 0.3) is 0 Å². The highest BCUT2D eigenvalue weighted by Crippen LogP contribution is 2.13. The topological polar surface area (TPSA) is 84.0 Å². The van der Waals surface area contributed by atoms with Crippen LogP contribution >= 0.6 is 11.6 Å². The third-order valence-electron chi connectivity index (χ3n) is 4.31. The Morgan fingerprint density at radius 1 is 1.25 bits per heavy atom. The number of ether oxygens (including phenoxy) is 2. The number of benzene rings is 1. The van der Waals surface area contributed by atoms with Crippen LogP contribution in [0.2, 0.25) is 5.02 Å². The lowest BCUT2D eigenvalue weighted by molar-refractivity contribution is -0.116. The van der Waals surface area contributed by atoms with Gasteiger partial charge in [-0.2, -0.15) is 0 Å². The number of amides is 1. The van der Waals surface area contributed by atoms with Crippen LogP contribution in [0.5, 0.6) is 0 Å². The van der Waals surface area contributed by atoms with Gasteiger partial charge in [0.1, 0.15) is 0 Å². The van der Waals surface area contributed by atoms with Gasteiger partial charge in [-0.15, -0.1) is 0 Å². The summed E-state index contributed by atoms with van der Waals surface area (Å²) in [7, 11) is 1.73. The minimum absolute atomic E-state index is 0.0181. The number of halogens is 1. The molecular formula is C20H31ClN4O3. The van der Waals surface area contributed by atoms with Gasteiger partial charge in [-0.25, -0.2) is 0 Å². The van der Waals surface area contributed by atoms with Crippen LogP contribution in [0, 0.1) is 0 Å². The Kier molecular flexibility index (Phi) is 10.7. The molecule has 1 fully saturated rings. The molecule has 1 saturated heterocycles. The van der Waals surface area contributed by atoms with E-state index in [9.17, 15) is 4.79 Å². The number of hydrogen-bond donors (Lipinski definition) is 3. The number of anilines is 1. The fourth-order valence-corrected chi connectivity index (χ4v) is 2.93. The van der Waals surface area contributed by atoms with Gasteiger partial charge >= 0.3 is 0 Å². The van der Waals surface area contributed by atoms with Gasteiger partial charge < -0.3 is 25.4 Å². The number of rotatable bonds is 11. The molecule has 1 aromatic carbocycles. The summed E-state index contributed by atoms with van der Waals surface area (Å²) >= 11 is 5.83. The Morgan fingerprint density at radius 2 is 2.00 bits per heavy atom. The van der Waals surface area contributed by atoms with Crippen LogP contribution in [0.1, 0.15) is 32.1 Å². The van der Waals surface area contributed by atoms with Crippen molar-refractivity contribution in [3.8, 4) is 0 Å². The van der Waals surface area contributed by atoms with Crippen molar-refractivity contribution in [2.75, 3.05) is 45.3 Å². The van der Waals surface area contributed by atoms with Crippen molar-refractivity contribution in [2.45, 2.75) is 38.2 Å². The van der Waals surface area contributed by atoms with Crippen molar-refractivity contribution in [3.63, 3.8) is 0 Å². The van der Waals surface area contributed by atoms with E-state index in [4.69, 9.17) is 21.1 Å². The molecule has 0 spiro atoms. The number of carbonyl (C=O) groups is 1. The van der Waals surface area contributed by atoms with Gasteiger partial charge in [0.2, 0.25) is 5.91 Å². The van der Waals surface area contributed by atoms with Crippen molar-refractivity contribution >= 4 is 29.2 Å². The summed E-state index contributed by atoms with van der Waals surface area (Å²) in [5.41, 5.74) is 0.751. The van der Waals surface area contributed by atoms with Crippen LogP contribution in [-0.4, -0.2) is 57.9 Å². The van der Waals surface area contributed by atoms with Crippen LogP contribution in [0.3, 0.4) is 0 Å². The molecule has 1 aliphatic rings. The summed E-state index contributed by atoms with van der Waals surface area (Å²) in [6.45, 7) is 3.70. The van der Waals surface area contributed by atoms with Gasteiger partial charge in [0, 0.05) is 50.5 Å². The summed E-state index contributed by atoms with van der Waals surface area (Å²) in [4.78, 5) is 16.1. The van der Waals surface area contributed by atoms with Gasteiger partial charge in [-0.05, 0) is 49.9 Å². The van der Waals surface area contributed by atoms with Gasteiger partial charge in [-0.1, -0.05) is 11.6 Å². The maximum Gasteiger partial charge on any atom is 0.224 e. The molecule has 1 heterocycles. The molecule has 3 N–H and O–H groups in total. The number of nitrogens with zero attached hydrogens (tertiary/aromatic N) is 1. The molecule has 28 heavy (non-hydrogen) atoms. The number of carbonyl (C=O) groups excluding carboxylic acids is 1. The fourth-order valence-electron chi connectivity index (χ4n) is 2.80. The average Bonchev–Trinajstić information content (AvgIpc) is 3.21. The summed E-state index contributed by atoms with van der Waals surface area (Å²) in [6.07, 6.45) is 4.57. The molecule has 1 aromatic rings. The number of hydrogen-bond acceptors (Lipinski definition) is 4. The Bertz CT molecular complexity index is 604. The van der Waals surface area contributed by atoms with Crippen LogP contribution in [0.4, 0.5) is 5.69 Å². The van der Waals surface area contributed by atoms with E-state index in [0.29, 0.717) is 37.6 Å². The lowest BCUT2D eigenvalue weighted by Crippen LogP contribution is -2.38. The second kappa shape index (κ2) is 13.4. The first-order valence-electron chi connectivity index (χ1n) is 9.86. The highest BCUT2D eigenvalue weighted by atomic mass is 35.5. The highest BCUT2D eigenvalue weighted by molar-refractivity contribution is 6.30. The van der Waals surface area contributed by atoms with Crippen molar-refractivity contribution in [1.82, 2.24) is 10.6 Å². The van der Waals surface area contributed by atoms with E-state index in [-0.39, 0.29) is 12.0 Å². The van der Waals surface area contributed by atoms with Crippen LogP contribution < -0.4 is 16.0 Å². The third-order valence-corrected chi connectivity index (χ3v) is 4.56. The van der Waals surface area contributed by atoms with Crippen molar-refractivity contribution in [2.24, 2.45) is 4.99 Å². The zero-order valence-corrected chi connectivity index (χ0v) is 17.3. The molecular weight excluding hydrogens is 380 g/mol. The van der Waals surface area contributed by atoms with Gasteiger partial charge in [0.05, 0.1) is 12.7 Å². The van der Waals surface area contributed by atoms with E-state index in [0.717, 1.165) is 44.1 Å². The largest absolute Gasteiger partial charge is 0.379 e. The molecule has 7 nitrogen and oxygen atoms in total. The SMILES string of the molecule is CN=C(NCCCOCC1CCCO1)NCCCC(=O)Nc1ccc(Cl)cc1. The Hall–Kier alpha value is -1.83. The maximum atomic E-state index is 11.9. The Balaban J connectivity index is 1.47. The molecule has 0 saturated carbocycles. The number of aliphatic imine (C=N–C) groups is 1. The van der Waals surface area contributed by atoms with Crippen molar-refractivity contribution in [1.29, 1.82) is 0 Å². The molecule has 8 heteroatoms. The molecule has 0 radical (unpaired) electrons. The van der Waals surface area contributed by atoms with Crippen molar-refractivity contribution in [3.05, 3.63) is 29.3 Å². The zero-order valence-electron chi connectivity index (χ0n) is 16.5. The first kappa shape index (κ1) is 22.5. The molecule has 0 bridgehead atoms. The number of guanidine groups is 1. The van der Waals surface area contributed by atoms with E-state index in [1.165, 1.54) is 0 Å². The van der Waals surface area contributed by atoms with E-state index in [1.807, 2.05) is 0 Å². The molecule has 1 amide bonds. The smallest absolute Gasteiger partial charge is 0.224 e. The lowest BCUT2D eigenvalue weighted by atomic mass is 10.2.